The van der Waals surface area contributed by atoms with Crippen LogP contribution >= 0.6 is 11.8 Å². The van der Waals surface area contributed by atoms with Crippen molar-refractivity contribution in [3.8, 4) is 11.5 Å². The van der Waals surface area contributed by atoms with Crippen LogP contribution in [0.2, 0.25) is 0 Å². The highest BCUT2D eigenvalue weighted by Gasteiger charge is 2.23. The van der Waals surface area contributed by atoms with E-state index in [0.717, 1.165) is 55.3 Å². The number of ether oxygens (including phenoxy) is 2. The molecule has 0 aromatic heterocycles. The summed E-state index contributed by atoms with van der Waals surface area (Å²) in [5.41, 5.74) is 8.44. The fraction of sp³-hybridized carbons (Fsp3) is 0.267. The van der Waals surface area contributed by atoms with Gasteiger partial charge < -0.3 is 9.47 Å². The normalized spacial score (nSPS) is 16.2. The van der Waals surface area contributed by atoms with Gasteiger partial charge in [0.15, 0.2) is 0 Å². The monoisotopic (exact) mass is 469 g/mol. The summed E-state index contributed by atoms with van der Waals surface area (Å²) >= 11 is 1.96. The first kappa shape index (κ1) is 22.8. The lowest BCUT2D eigenvalue weighted by molar-refractivity contribution is 0.284. The molecule has 0 spiro atoms. The maximum Gasteiger partial charge on any atom is 0.129 e. The molecule has 0 aliphatic carbocycles. The van der Waals surface area contributed by atoms with Gasteiger partial charge >= 0.3 is 0 Å². The van der Waals surface area contributed by atoms with Gasteiger partial charge in [0.2, 0.25) is 0 Å². The Bertz CT molecular complexity index is 1170. The molecular formula is C30H31NO2S. The number of thioether (sulfide) groups is 1. The number of nitrogens with zero attached hydrogens (tertiary/aromatic N) is 1. The Morgan fingerprint density at radius 1 is 0.882 bits per heavy atom. The van der Waals surface area contributed by atoms with Gasteiger partial charge in [-0.3, -0.25) is 4.90 Å². The molecule has 0 N–H and O–H groups in total. The number of hydrogen-bond donors (Lipinski definition) is 0. The van der Waals surface area contributed by atoms with Crippen LogP contribution in [0.3, 0.4) is 0 Å². The summed E-state index contributed by atoms with van der Waals surface area (Å²) in [6.07, 6.45) is 6.63. The number of fused-ring (bicyclic) bond motifs is 2. The van der Waals surface area contributed by atoms with Gasteiger partial charge in [-0.15, -0.1) is 11.8 Å². The van der Waals surface area contributed by atoms with Crippen LogP contribution in [0.25, 0.3) is 11.6 Å². The fourth-order valence-corrected chi connectivity index (χ4v) is 5.97. The van der Waals surface area contributed by atoms with E-state index in [0.29, 0.717) is 0 Å². The van der Waals surface area contributed by atoms with Crippen LogP contribution in [0.15, 0.2) is 83.3 Å². The summed E-state index contributed by atoms with van der Waals surface area (Å²) in [5.74, 6) is 2.69. The average molecular weight is 470 g/mol. The van der Waals surface area contributed by atoms with Crippen molar-refractivity contribution < 1.29 is 9.47 Å². The molecule has 174 valence electrons. The minimum absolute atomic E-state index is 0.811. The fourth-order valence-electron chi connectivity index (χ4n) is 4.91. The quantitative estimate of drug-likeness (QED) is 0.404. The topological polar surface area (TPSA) is 21.7 Å². The second kappa shape index (κ2) is 10.5. The second-order valence-corrected chi connectivity index (χ2v) is 9.75. The first-order valence-corrected chi connectivity index (χ1v) is 12.9. The van der Waals surface area contributed by atoms with Crippen LogP contribution in [0.1, 0.15) is 35.1 Å². The maximum absolute atomic E-state index is 5.53. The summed E-state index contributed by atoms with van der Waals surface area (Å²) in [7, 11) is 3.38. The summed E-state index contributed by atoms with van der Waals surface area (Å²) in [4.78, 5) is 3.94. The van der Waals surface area contributed by atoms with Crippen molar-refractivity contribution in [1.29, 1.82) is 0 Å². The van der Waals surface area contributed by atoms with E-state index in [2.05, 4.69) is 65.6 Å². The molecule has 3 nitrogen and oxygen atoms in total. The molecule has 34 heavy (non-hydrogen) atoms. The predicted molar refractivity (Wildman–Crippen MR) is 143 cm³/mol. The molecule has 0 bridgehead atoms. The molecule has 0 saturated carbocycles. The van der Waals surface area contributed by atoms with Crippen LogP contribution in [0.4, 0.5) is 0 Å². The van der Waals surface area contributed by atoms with Gasteiger partial charge in [0.05, 0.1) is 14.2 Å². The highest BCUT2D eigenvalue weighted by Crippen LogP contribution is 2.43. The second-order valence-electron chi connectivity index (χ2n) is 8.73. The van der Waals surface area contributed by atoms with Gasteiger partial charge in [-0.1, -0.05) is 60.2 Å². The molecular weight excluding hydrogens is 438 g/mol. The van der Waals surface area contributed by atoms with Crippen molar-refractivity contribution in [3.63, 3.8) is 0 Å². The van der Waals surface area contributed by atoms with Gasteiger partial charge in [-0.25, -0.2) is 0 Å². The molecule has 2 heterocycles. The smallest absolute Gasteiger partial charge is 0.129 e. The number of rotatable bonds is 5. The number of methoxy groups -OCH3 is 2. The van der Waals surface area contributed by atoms with Gasteiger partial charge in [0.25, 0.3) is 0 Å². The average Bonchev–Trinajstić information content (AvgIpc) is 3.06. The number of likely N-dealkylation sites (tertiary alicyclic amines) is 1. The van der Waals surface area contributed by atoms with E-state index in [9.17, 15) is 0 Å². The lowest BCUT2D eigenvalue weighted by Gasteiger charge is -2.29. The SMILES string of the molecule is COc1ccc(C=CCN2CCC(=C3c4ccccc4CSc4ccccc43)CC2)c(OC)c1. The Morgan fingerprint density at radius 3 is 2.44 bits per heavy atom. The van der Waals surface area contributed by atoms with Gasteiger partial charge in [0.1, 0.15) is 11.5 Å². The van der Waals surface area contributed by atoms with E-state index in [4.69, 9.17) is 9.47 Å². The van der Waals surface area contributed by atoms with Crippen LogP contribution in [0, 0.1) is 0 Å². The minimum atomic E-state index is 0.811. The minimum Gasteiger partial charge on any atom is -0.497 e. The van der Waals surface area contributed by atoms with Crippen LogP contribution < -0.4 is 9.47 Å². The third-order valence-electron chi connectivity index (χ3n) is 6.74. The third kappa shape index (κ3) is 4.79. The Morgan fingerprint density at radius 2 is 1.65 bits per heavy atom. The largest absolute Gasteiger partial charge is 0.497 e. The van der Waals surface area contributed by atoms with E-state index < -0.39 is 0 Å². The zero-order chi connectivity index (χ0) is 23.3. The van der Waals surface area contributed by atoms with Gasteiger partial charge in [-0.2, -0.15) is 0 Å². The molecule has 2 aliphatic heterocycles. The molecule has 0 atom stereocenters. The maximum atomic E-state index is 5.53. The van der Waals surface area contributed by atoms with Crippen molar-refractivity contribution in [2.75, 3.05) is 33.9 Å². The molecule has 1 fully saturated rings. The molecule has 1 saturated heterocycles. The number of piperidine rings is 1. The Labute approximate surface area is 207 Å². The summed E-state index contributed by atoms with van der Waals surface area (Å²) in [6.45, 7) is 3.11. The number of benzene rings is 3. The molecule has 0 amide bonds. The highest BCUT2D eigenvalue weighted by atomic mass is 32.2. The Kier molecular flexibility index (Phi) is 7.08. The highest BCUT2D eigenvalue weighted by molar-refractivity contribution is 7.98. The van der Waals surface area contributed by atoms with Crippen molar-refractivity contribution >= 4 is 23.4 Å². The van der Waals surface area contributed by atoms with Crippen LogP contribution in [0.5, 0.6) is 11.5 Å². The first-order chi connectivity index (χ1) is 16.8. The summed E-state index contributed by atoms with van der Waals surface area (Å²) in [5, 5.41) is 0. The molecule has 4 heteroatoms. The first-order valence-electron chi connectivity index (χ1n) is 11.9. The molecule has 3 aromatic carbocycles. The van der Waals surface area contributed by atoms with E-state index in [-0.39, 0.29) is 0 Å². The standard InChI is InChI=1S/C30H31NO2S/c1-32-25-14-13-22(28(20-25)33-2)9-7-17-31-18-15-23(16-19-31)30-26-10-4-3-8-24(26)21-34-29-12-6-5-11-27(29)30/h3-14,20H,15-19,21H2,1-2H3. The molecule has 2 aliphatic rings. The molecule has 0 radical (unpaired) electrons. The lowest BCUT2D eigenvalue weighted by Crippen LogP contribution is -2.31. The van der Waals surface area contributed by atoms with E-state index in [1.54, 1.807) is 19.8 Å². The predicted octanol–water partition coefficient (Wildman–Crippen LogP) is 6.92. The summed E-state index contributed by atoms with van der Waals surface area (Å²) < 4.78 is 10.8. The van der Waals surface area contributed by atoms with Crippen LogP contribution in [-0.4, -0.2) is 38.8 Å². The molecule has 5 rings (SSSR count). The van der Waals surface area contributed by atoms with E-state index in [1.165, 1.54) is 27.2 Å². The molecule has 3 aromatic rings. The zero-order valence-electron chi connectivity index (χ0n) is 19.9. The summed E-state index contributed by atoms with van der Waals surface area (Å²) in [6, 6.07) is 23.9. The van der Waals surface area contributed by atoms with Gasteiger partial charge in [-0.05, 0) is 53.3 Å². The zero-order valence-corrected chi connectivity index (χ0v) is 20.7. The van der Waals surface area contributed by atoms with Crippen molar-refractivity contribution in [2.45, 2.75) is 23.5 Å². The lowest BCUT2D eigenvalue weighted by atomic mass is 9.86. The number of hydrogen-bond acceptors (Lipinski definition) is 4. The Hall–Kier alpha value is -2.95. The van der Waals surface area contributed by atoms with Crippen LogP contribution in [-0.2, 0) is 5.75 Å². The van der Waals surface area contributed by atoms with Gasteiger partial charge in [0, 0.05) is 41.9 Å². The molecule has 0 unspecified atom stereocenters. The van der Waals surface area contributed by atoms with Crippen molar-refractivity contribution in [3.05, 3.63) is 101 Å². The van der Waals surface area contributed by atoms with Crippen molar-refractivity contribution in [1.82, 2.24) is 4.90 Å². The van der Waals surface area contributed by atoms with E-state index >= 15 is 0 Å². The Balaban J connectivity index is 1.33. The third-order valence-corrected chi connectivity index (χ3v) is 7.86. The van der Waals surface area contributed by atoms with E-state index in [1.807, 2.05) is 30.0 Å². The van der Waals surface area contributed by atoms with Crippen molar-refractivity contribution in [2.24, 2.45) is 0 Å².